The van der Waals surface area contributed by atoms with Gasteiger partial charge in [0.15, 0.2) is 37.7 Å². The van der Waals surface area contributed by atoms with E-state index < -0.39 is 245 Å². The van der Waals surface area contributed by atoms with E-state index in [2.05, 4.69) is 134 Å². The van der Waals surface area contributed by atoms with Gasteiger partial charge in [0.05, 0.1) is 45.7 Å². The van der Waals surface area contributed by atoms with E-state index in [9.17, 15) is 111 Å². The lowest BCUT2D eigenvalue weighted by molar-refractivity contribution is -0.354. The van der Waals surface area contributed by atoms with E-state index in [0.29, 0.717) is 12.8 Å². The molecule has 0 aliphatic carbocycles. The van der Waals surface area contributed by atoms with Crippen LogP contribution in [0.4, 0.5) is 0 Å². The molecule has 6 aliphatic rings. The second-order valence-corrected chi connectivity index (χ2v) is 37.5. The van der Waals surface area contributed by atoms with E-state index in [1.54, 1.807) is 6.92 Å². The Bertz CT molecular complexity index is 3750. The number of amides is 1. The zero-order valence-corrected chi connectivity index (χ0v) is 77.2. The third-order valence-corrected chi connectivity index (χ3v) is 25.8. The fourth-order valence-corrected chi connectivity index (χ4v) is 17.5. The van der Waals surface area contributed by atoms with Crippen molar-refractivity contribution in [2.75, 3.05) is 39.6 Å². The molecular formula is C88H147NO36P2. The minimum absolute atomic E-state index is 0.545. The number of ether oxygens (including phenoxy) is 11. The van der Waals surface area contributed by atoms with Gasteiger partial charge in [0, 0.05) is 6.92 Å². The molecule has 6 fully saturated rings. The predicted molar refractivity (Wildman–Crippen MR) is 461 cm³/mol. The van der Waals surface area contributed by atoms with Gasteiger partial charge in [0.1, 0.15) is 140 Å². The summed E-state index contributed by atoms with van der Waals surface area (Å²) in [5.74, 6) is -0.899. The average Bonchev–Trinajstić information content (AvgIpc) is 1.53. The van der Waals surface area contributed by atoms with Gasteiger partial charge >= 0.3 is 15.6 Å². The van der Waals surface area contributed by atoms with Crippen LogP contribution >= 0.6 is 15.6 Å². The Hall–Kier alpha value is -3.99. The molecule has 20 N–H and O–H groups in total. The molecule has 0 aromatic carbocycles. The van der Waals surface area contributed by atoms with Crippen LogP contribution in [0.2, 0.25) is 0 Å². The number of carbonyl (C=O) groups excluding carboxylic acids is 1. The molecule has 0 aromatic heterocycles. The third-order valence-electron chi connectivity index (χ3n) is 23.2. The van der Waals surface area contributed by atoms with Crippen LogP contribution in [0, 0.1) is 0 Å². The second kappa shape index (κ2) is 55.1. The Kier molecular flexibility index (Phi) is 48.5. The summed E-state index contributed by atoms with van der Waals surface area (Å²) in [6.45, 7) is 20.6. The molecule has 6 unspecified atom stereocenters. The minimum atomic E-state index is -5.77. The first-order chi connectivity index (χ1) is 59.9. The maximum atomic E-state index is 13.4. The van der Waals surface area contributed by atoms with Crippen molar-refractivity contribution in [1.29, 1.82) is 0 Å². The first-order valence-electron chi connectivity index (χ1n) is 43.9. The molecule has 127 heavy (non-hydrogen) atoms. The highest BCUT2D eigenvalue weighted by molar-refractivity contribution is 7.61. The highest BCUT2D eigenvalue weighted by Crippen LogP contribution is 2.61. The number of rotatable bonds is 54. The van der Waals surface area contributed by atoms with Gasteiger partial charge in [-0.2, -0.15) is 4.31 Å². The number of allylic oxidation sites excluding steroid dienone is 19. The Labute approximate surface area is 745 Å². The molecule has 6 aliphatic heterocycles. The average molecular weight is 1860 g/mol. The summed E-state index contributed by atoms with van der Waals surface area (Å²) in [4.78, 5) is 33.9. The summed E-state index contributed by atoms with van der Waals surface area (Å²) in [5.41, 5.74) is 13.4. The van der Waals surface area contributed by atoms with Crippen molar-refractivity contribution in [1.82, 2.24) is 5.32 Å². The highest BCUT2D eigenvalue weighted by Gasteiger charge is 2.58. The van der Waals surface area contributed by atoms with Gasteiger partial charge in [-0.15, -0.1) is 0 Å². The van der Waals surface area contributed by atoms with Crippen LogP contribution in [0.3, 0.4) is 0 Å². The maximum Gasteiger partial charge on any atom is 0.483 e. The molecule has 39 heteroatoms. The molecular weight excluding hydrogens is 1710 g/mol. The number of aliphatic hydroxyl groups excluding tert-OH is 17. The Balaban J connectivity index is 0.876. The van der Waals surface area contributed by atoms with E-state index in [4.69, 9.17) is 61.2 Å². The summed E-state index contributed by atoms with van der Waals surface area (Å²) >= 11 is 0. The normalized spacial score (nSPS) is 34.4. The number of carbonyl (C=O) groups is 1. The van der Waals surface area contributed by atoms with Crippen LogP contribution < -0.4 is 5.32 Å². The monoisotopic (exact) mass is 1860 g/mol. The van der Waals surface area contributed by atoms with Gasteiger partial charge in [-0.1, -0.05) is 116 Å². The number of hydrogen-bond donors (Lipinski definition) is 20. The number of hydrogen-bond acceptors (Lipinski definition) is 34. The summed E-state index contributed by atoms with van der Waals surface area (Å²) in [7, 11) is -11.2. The lowest BCUT2D eigenvalue weighted by Crippen LogP contribution is -2.67. The van der Waals surface area contributed by atoms with Crippen molar-refractivity contribution in [3.63, 3.8) is 0 Å². The van der Waals surface area contributed by atoms with Crippen molar-refractivity contribution in [3.8, 4) is 0 Å². The van der Waals surface area contributed by atoms with Crippen LogP contribution in [-0.4, -0.2) is 326 Å². The van der Waals surface area contributed by atoms with E-state index >= 15 is 0 Å². The van der Waals surface area contributed by atoms with Gasteiger partial charge < -0.3 is 154 Å². The van der Waals surface area contributed by atoms with Crippen molar-refractivity contribution < 1.29 is 176 Å². The summed E-state index contributed by atoms with van der Waals surface area (Å²) in [6, 6.07) is -1.91. The maximum absolute atomic E-state index is 13.4. The van der Waals surface area contributed by atoms with Crippen molar-refractivity contribution in [2.45, 2.75) is 390 Å². The fraction of sp³-hybridized carbons (Fsp3) is 0.761. The van der Waals surface area contributed by atoms with Crippen LogP contribution in [0.5, 0.6) is 0 Å². The quantitative estimate of drug-likeness (QED) is 0.0286. The molecule has 0 spiro atoms. The molecule has 1 amide bonds. The van der Waals surface area contributed by atoms with Crippen LogP contribution in [-0.2, 0) is 79.4 Å². The summed E-state index contributed by atoms with van der Waals surface area (Å²) in [5, 5.41) is 185. The molecule has 0 radical (unpaired) electrons. The summed E-state index contributed by atoms with van der Waals surface area (Å²) in [6.07, 6.45) is -13.1. The number of phosphoric ester groups is 2. The van der Waals surface area contributed by atoms with Crippen LogP contribution in [0.25, 0.3) is 0 Å². The Morgan fingerprint density at radius 1 is 0.378 bits per heavy atom. The van der Waals surface area contributed by atoms with Gasteiger partial charge in [-0.05, 0) is 199 Å². The van der Waals surface area contributed by atoms with Gasteiger partial charge in [-0.3, -0.25) is 13.8 Å². The third kappa shape index (κ3) is 36.0. The van der Waals surface area contributed by atoms with Gasteiger partial charge in [0.25, 0.3) is 0 Å². The largest absolute Gasteiger partial charge is 0.483 e. The zero-order valence-electron chi connectivity index (χ0n) is 75.4. The molecule has 32 atom stereocenters. The van der Waals surface area contributed by atoms with Crippen molar-refractivity contribution >= 4 is 21.6 Å². The van der Waals surface area contributed by atoms with E-state index in [1.165, 1.54) is 63.2 Å². The lowest BCUT2D eigenvalue weighted by atomic mass is 9.95. The molecule has 6 heterocycles. The topological polar surface area (TPSA) is 577 Å². The molecule has 6 saturated heterocycles. The SMILES string of the molecule is CC(=O)N[C@H]1[C@H](OP(=O)(O)OP(=O)(O)OC/C=C(/C)CC/C=C(/C)CC/C=C(/C)CC/C=C(/C)CC/C=C(/C)CC/C=C(/C)CC/C=C(/C)CC/C=C(/C)CC/C=C(\C)CCC=C(C)C)O[C@H](CO)[C@@H](O[C@@H]2O[C@@H](C)[C@H](O[C@@H]3OC([C@@H](CO)O[C@@H]4OC([C@H](O)CO[C@@H]5OC([C@@H](CO)O[C@@H]6OC([C@H](O)CO)[C@H](O)[C@H]6O)[C@H](O)[C@H]5O)[C@H](O)[C@H]4O)[C@H](O)[C@H]3O)[C@@H](O)[C@H]2O)[C@@H]1O. The fourth-order valence-electron chi connectivity index (χ4n) is 15.4. The molecule has 0 saturated carbocycles. The molecule has 0 aromatic rings. The molecule has 6 rings (SSSR count). The predicted octanol–water partition coefficient (Wildman–Crippen LogP) is 4.83. The van der Waals surface area contributed by atoms with Crippen LogP contribution in [0.1, 0.15) is 206 Å². The van der Waals surface area contributed by atoms with E-state index in [-0.39, 0.29) is 0 Å². The second-order valence-electron chi connectivity index (χ2n) is 34.5. The Morgan fingerprint density at radius 3 is 1.10 bits per heavy atom. The Morgan fingerprint density at radius 2 is 0.717 bits per heavy atom. The van der Waals surface area contributed by atoms with Crippen molar-refractivity contribution in [3.05, 3.63) is 116 Å². The smallest absolute Gasteiger partial charge is 0.394 e. The number of phosphoric acid groups is 2. The minimum Gasteiger partial charge on any atom is -0.394 e. The van der Waals surface area contributed by atoms with E-state index in [0.717, 1.165) is 115 Å². The number of nitrogens with one attached hydrogen (secondary N) is 1. The zero-order chi connectivity index (χ0) is 94.3. The van der Waals surface area contributed by atoms with E-state index in [1.807, 2.05) is 0 Å². The molecule has 730 valence electrons. The van der Waals surface area contributed by atoms with Gasteiger partial charge in [0.2, 0.25) is 5.91 Å². The van der Waals surface area contributed by atoms with Crippen LogP contribution in [0.15, 0.2) is 116 Å². The highest BCUT2D eigenvalue weighted by atomic mass is 31.3. The lowest BCUT2D eigenvalue weighted by Gasteiger charge is -2.47. The first-order valence-corrected chi connectivity index (χ1v) is 46.9. The first kappa shape index (κ1) is 112. The standard InChI is InChI=1S/C88H147NO36P2/c1-48(2)23-14-24-49(3)25-15-26-50(4)27-16-28-51(5)29-17-30-52(6)31-18-32-53(7)33-19-34-54(8)35-20-36-55(9)37-21-38-56(10)39-22-40-57(11)41-42-113-126(108,109)125-127(110,111)124-83-65(89-59(13)94)66(97)80(62(44-91)115-83)122-85-73(104)67(98)77(58(12)114-85)118-88-76(107)71(102)82(123-88)64(46-93)117-87-75(106)69(100)79(120-87)61(96)47-112-84-72(103)70(101)81(121-84)63(45-92)116-86-74(105)68(99)78(119-86)60(95)43-90/h23,25,27,29,31,33,35,37,39,41,58,60-88,90-93,95-107H,14-22,24,26,28,30,32,34,36,38,40,42-47H2,1-13H3,(H,89,94)(H,108,109)(H,110,111)/b49-25+,50-27-,51-29-,52-31-,53-33-,54-35-,55-37-,56-39-,57-41-/t58-,60+,61+,62+,63+,64+,65+,66+,67-,68+,69+,70+,71+,72+,73+,74+,75+,76+,77-,78?,79?,80+,81?,82?,83-,84+,85-,86+,87+,88+/m0/s1. The van der Waals surface area contributed by atoms with Crippen molar-refractivity contribution in [2.24, 2.45) is 0 Å². The molecule has 37 nitrogen and oxygen atoms in total. The van der Waals surface area contributed by atoms with Gasteiger partial charge in [-0.25, -0.2) is 9.13 Å². The molecule has 0 bridgehead atoms. The number of aliphatic hydroxyl groups is 17. The summed E-state index contributed by atoms with van der Waals surface area (Å²) < 4.78 is 103.